The topological polar surface area (TPSA) is 92.0 Å². The first-order valence-electron chi connectivity index (χ1n) is 9.22. The Morgan fingerprint density at radius 3 is 2.45 bits per heavy atom. The quantitative estimate of drug-likeness (QED) is 0.537. The number of ketones is 1. The molecule has 0 fully saturated rings. The van der Waals surface area contributed by atoms with Gasteiger partial charge in [0.15, 0.2) is 5.82 Å². The minimum absolute atomic E-state index is 0.0446. The molecule has 0 saturated carbocycles. The SMILES string of the molecule is COc1cncc(CC(=O)Cc2cnc(-n3nccn3)c(C(F)(F)F)c2)c1[C@H](C)OC. The number of aromatic nitrogens is 5. The summed E-state index contributed by atoms with van der Waals surface area (Å²) in [5, 5.41) is 7.41. The average molecular weight is 435 g/mol. The molecule has 3 aromatic heterocycles. The van der Waals surface area contributed by atoms with Gasteiger partial charge < -0.3 is 9.47 Å². The van der Waals surface area contributed by atoms with Crippen molar-refractivity contribution in [3.8, 4) is 11.6 Å². The molecule has 0 saturated heterocycles. The molecule has 3 rings (SSSR count). The second kappa shape index (κ2) is 9.21. The van der Waals surface area contributed by atoms with Gasteiger partial charge in [0.25, 0.3) is 0 Å². The largest absolute Gasteiger partial charge is 0.495 e. The number of hydrogen-bond donors (Lipinski definition) is 0. The predicted molar refractivity (Wildman–Crippen MR) is 103 cm³/mol. The van der Waals surface area contributed by atoms with E-state index in [2.05, 4.69) is 20.2 Å². The number of hydrogen-bond acceptors (Lipinski definition) is 7. The molecule has 0 N–H and O–H groups in total. The van der Waals surface area contributed by atoms with E-state index in [0.29, 0.717) is 16.9 Å². The van der Waals surface area contributed by atoms with Crippen LogP contribution in [0.4, 0.5) is 13.2 Å². The van der Waals surface area contributed by atoms with Crippen LogP contribution in [0.1, 0.15) is 35.3 Å². The van der Waals surface area contributed by atoms with Gasteiger partial charge in [0.2, 0.25) is 0 Å². The molecular weight excluding hydrogens is 415 g/mol. The summed E-state index contributed by atoms with van der Waals surface area (Å²) in [5.74, 6) is -0.293. The Morgan fingerprint density at radius 2 is 1.84 bits per heavy atom. The number of halogens is 3. The molecular formula is C20H20F3N5O3. The van der Waals surface area contributed by atoms with Crippen LogP contribution in [0.3, 0.4) is 0 Å². The predicted octanol–water partition coefficient (Wildman–Crippen LogP) is 3.15. The van der Waals surface area contributed by atoms with E-state index in [1.54, 1.807) is 6.92 Å². The molecule has 0 aliphatic carbocycles. The summed E-state index contributed by atoms with van der Waals surface area (Å²) in [6.45, 7) is 1.80. The number of rotatable bonds is 8. The zero-order valence-corrected chi connectivity index (χ0v) is 17.1. The van der Waals surface area contributed by atoms with Crippen molar-refractivity contribution >= 4 is 5.78 Å². The highest BCUT2D eigenvalue weighted by Crippen LogP contribution is 2.33. The Hall–Kier alpha value is -3.34. The van der Waals surface area contributed by atoms with Gasteiger partial charge in [-0.1, -0.05) is 0 Å². The van der Waals surface area contributed by atoms with E-state index in [1.165, 1.54) is 45.2 Å². The lowest BCUT2D eigenvalue weighted by Crippen LogP contribution is -2.16. The Labute approximate surface area is 176 Å². The fourth-order valence-electron chi connectivity index (χ4n) is 3.17. The van der Waals surface area contributed by atoms with E-state index in [9.17, 15) is 18.0 Å². The molecule has 1 atom stereocenters. The van der Waals surface area contributed by atoms with E-state index in [0.717, 1.165) is 10.9 Å². The lowest BCUT2D eigenvalue weighted by molar-refractivity contribution is -0.138. The zero-order valence-electron chi connectivity index (χ0n) is 17.1. The maximum Gasteiger partial charge on any atom is 0.420 e. The Morgan fingerprint density at radius 1 is 1.13 bits per heavy atom. The molecule has 11 heteroatoms. The fourth-order valence-corrected chi connectivity index (χ4v) is 3.17. The standard InChI is InChI=1S/C20H20F3N5O3/c1-12(30-2)18-14(10-24-11-17(18)31-3)8-15(29)6-13-7-16(20(21,22)23)19(25-9-13)28-26-4-5-27-28/h4-5,7,9-12H,6,8H2,1-3H3/t12-/m0/s1. The van der Waals surface area contributed by atoms with Crippen LogP contribution >= 0.6 is 0 Å². The van der Waals surface area contributed by atoms with Gasteiger partial charge in [-0.15, -0.1) is 4.80 Å². The lowest BCUT2D eigenvalue weighted by Gasteiger charge is -2.18. The molecule has 0 aromatic carbocycles. The zero-order chi connectivity index (χ0) is 22.6. The first kappa shape index (κ1) is 22.3. The molecule has 0 amide bonds. The number of ether oxygens (including phenoxy) is 2. The van der Waals surface area contributed by atoms with Gasteiger partial charge in [0.1, 0.15) is 17.1 Å². The van der Waals surface area contributed by atoms with Crippen LogP contribution in [0.2, 0.25) is 0 Å². The first-order valence-corrected chi connectivity index (χ1v) is 9.22. The molecule has 31 heavy (non-hydrogen) atoms. The third-order valence-electron chi connectivity index (χ3n) is 4.64. The van der Waals surface area contributed by atoms with Crippen molar-refractivity contribution < 1.29 is 27.4 Å². The number of methoxy groups -OCH3 is 2. The first-order chi connectivity index (χ1) is 14.7. The van der Waals surface area contributed by atoms with Gasteiger partial charge >= 0.3 is 6.18 Å². The van der Waals surface area contributed by atoms with Gasteiger partial charge in [0.05, 0.1) is 31.8 Å². The summed E-state index contributed by atoms with van der Waals surface area (Å²) >= 11 is 0. The van der Waals surface area contributed by atoms with Crippen LogP contribution < -0.4 is 4.74 Å². The summed E-state index contributed by atoms with van der Waals surface area (Å²) in [4.78, 5) is 21.4. The summed E-state index contributed by atoms with van der Waals surface area (Å²) in [5.41, 5.74) is 0.360. The van der Waals surface area contributed by atoms with E-state index in [-0.39, 0.29) is 30.3 Å². The molecule has 0 bridgehead atoms. The summed E-state index contributed by atoms with van der Waals surface area (Å²) in [6.07, 6.45) is 1.43. The van der Waals surface area contributed by atoms with E-state index < -0.39 is 17.6 Å². The Bertz CT molecular complexity index is 1050. The number of pyridine rings is 2. The highest BCUT2D eigenvalue weighted by atomic mass is 19.4. The molecule has 8 nitrogen and oxygen atoms in total. The van der Waals surface area contributed by atoms with E-state index in [1.807, 2.05) is 0 Å². The summed E-state index contributed by atoms with van der Waals surface area (Å²) < 4.78 is 51.3. The molecule has 0 aliphatic heterocycles. The van der Waals surface area contributed by atoms with Crippen LogP contribution in [-0.2, 0) is 28.5 Å². The Balaban J connectivity index is 1.87. The van der Waals surface area contributed by atoms with Crippen molar-refractivity contribution in [1.29, 1.82) is 0 Å². The van der Waals surface area contributed by atoms with Crippen molar-refractivity contribution in [2.24, 2.45) is 0 Å². The number of Topliss-reactive ketones (excluding diaryl/α,β-unsaturated/α-hetero) is 1. The normalized spacial score (nSPS) is 12.6. The minimum Gasteiger partial charge on any atom is -0.495 e. The highest BCUT2D eigenvalue weighted by molar-refractivity contribution is 5.83. The van der Waals surface area contributed by atoms with Gasteiger partial charge in [0, 0.05) is 37.9 Å². The van der Waals surface area contributed by atoms with Crippen molar-refractivity contribution in [1.82, 2.24) is 25.0 Å². The van der Waals surface area contributed by atoms with E-state index >= 15 is 0 Å². The lowest BCUT2D eigenvalue weighted by atomic mass is 9.97. The summed E-state index contributed by atoms with van der Waals surface area (Å²) in [6, 6.07) is 0.895. The van der Waals surface area contributed by atoms with Crippen molar-refractivity contribution in [2.75, 3.05) is 14.2 Å². The third-order valence-corrected chi connectivity index (χ3v) is 4.64. The second-order valence-corrected chi connectivity index (χ2v) is 6.72. The van der Waals surface area contributed by atoms with Crippen LogP contribution in [-0.4, -0.2) is 45.0 Å². The molecule has 3 heterocycles. The van der Waals surface area contributed by atoms with Gasteiger partial charge in [-0.05, 0) is 24.1 Å². The molecule has 3 aromatic rings. The van der Waals surface area contributed by atoms with Gasteiger partial charge in [-0.3, -0.25) is 9.78 Å². The number of nitrogens with zero attached hydrogens (tertiary/aromatic N) is 5. The minimum atomic E-state index is -4.69. The van der Waals surface area contributed by atoms with Crippen LogP contribution in [0, 0.1) is 0 Å². The maximum absolute atomic E-state index is 13.5. The third kappa shape index (κ3) is 5.05. The Kier molecular flexibility index (Phi) is 6.64. The molecule has 164 valence electrons. The molecule has 0 aliphatic rings. The molecule has 0 spiro atoms. The highest BCUT2D eigenvalue weighted by Gasteiger charge is 2.36. The number of carbonyl (C=O) groups excluding carboxylic acids is 1. The maximum atomic E-state index is 13.5. The second-order valence-electron chi connectivity index (χ2n) is 6.72. The van der Waals surface area contributed by atoms with Crippen LogP contribution in [0.25, 0.3) is 5.82 Å². The number of alkyl halides is 3. The van der Waals surface area contributed by atoms with E-state index in [4.69, 9.17) is 9.47 Å². The molecule has 0 radical (unpaired) electrons. The van der Waals surface area contributed by atoms with Crippen molar-refractivity contribution in [3.63, 3.8) is 0 Å². The van der Waals surface area contributed by atoms with Crippen LogP contribution in [0.15, 0.2) is 37.1 Å². The fraction of sp³-hybridized carbons (Fsp3) is 0.350. The monoisotopic (exact) mass is 435 g/mol. The smallest absolute Gasteiger partial charge is 0.420 e. The molecule has 0 unspecified atom stereocenters. The van der Waals surface area contributed by atoms with Crippen molar-refractivity contribution in [2.45, 2.75) is 32.0 Å². The van der Waals surface area contributed by atoms with Gasteiger partial charge in [-0.25, -0.2) is 4.98 Å². The average Bonchev–Trinajstić information content (AvgIpc) is 3.27. The van der Waals surface area contributed by atoms with Crippen molar-refractivity contribution in [3.05, 3.63) is 59.3 Å². The summed E-state index contributed by atoms with van der Waals surface area (Å²) in [7, 11) is 3.01. The van der Waals surface area contributed by atoms with Crippen LogP contribution in [0.5, 0.6) is 5.75 Å². The van der Waals surface area contributed by atoms with Gasteiger partial charge in [-0.2, -0.15) is 23.4 Å². The number of carbonyl (C=O) groups is 1.